The molecular weight excluding hydrogens is 484 g/mol. The van der Waals surface area contributed by atoms with E-state index >= 15 is 0 Å². The maximum absolute atomic E-state index is 12.8. The minimum atomic E-state index is -4.39. The summed E-state index contributed by atoms with van der Waals surface area (Å²) in [6, 6.07) is 5.08. The molecule has 0 aromatic heterocycles. The lowest BCUT2D eigenvalue weighted by Crippen LogP contribution is -2.44. The van der Waals surface area contributed by atoms with Gasteiger partial charge in [0.15, 0.2) is 5.96 Å². The van der Waals surface area contributed by atoms with Crippen molar-refractivity contribution in [2.24, 2.45) is 4.99 Å². The Morgan fingerprint density at radius 1 is 1.29 bits per heavy atom. The number of allylic oxidation sites excluding steroid dienone is 1. The van der Waals surface area contributed by atoms with Crippen LogP contribution in [0.5, 0.6) is 0 Å². The number of unbranched alkanes of at least 4 members (excludes halogenated alkanes) is 1. The number of carbonyl (C=O) groups is 1. The molecule has 0 bridgehead atoms. The van der Waals surface area contributed by atoms with E-state index < -0.39 is 11.7 Å². The Hall–Kier alpha value is -1.78. The first-order valence-corrected chi connectivity index (χ1v) is 8.61. The maximum atomic E-state index is 12.8. The number of aliphatic imine (C=N–C) groups is 1. The lowest BCUT2D eigenvalue weighted by atomic mass is 10.1. The van der Waals surface area contributed by atoms with Crippen LogP contribution in [0.3, 0.4) is 0 Å². The highest BCUT2D eigenvalue weighted by molar-refractivity contribution is 14.0. The minimum Gasteiger partial charge on any atom is -0.347 e. The molecule has 0 radical (unpaired) electrons. The first-order valence-electron chi connectivity index (χ1n) is 8.61. The topological polar surface area (TPSA) is 47.9 Å². The molecule has 0 aliphatic rings. The molecule has 1 N–H and O–H groups in total. The molecule has 0 fully saturated rings. The van der Waals surface area contributed by atoms with Gasteiger partial charge in [0.25, 0.3) is 0 Å². The van der Waals surface area contributed by atoms with Gasteiger partial charge in [0.1, 0.15) is 0 Å². The van der Waals surface area contributed by atoms with Gasteiger partial charge in [0, 0.05) is 27.7 Å². The van der Waals surface area contributed by atoms with Crippen molar-refractivity contribution in [2.75, 3.05) is 34.2 Å². The second-order valence-electron chi connectivity index (χ2n) is 6.33. The zero-order valence-electron chi connectivity index (χ0n) is 16.4. The van der Waals surface area contributed by atoms with Crippen LogP contribution in [0.4, 0.5) is 13.2 Å². The molecule has 0 heterocycles. The number of alkyl halides is 3. The van der Waals surface area contributed by atoms with Crippen molar-refractivity contribution in [3.05, 3.63) is 48.0 Å². The Morgan fingerprint density at radius 3 is 2.54 bits per heavy atom. The van der Waals surface area contributed by atoms with Crippen LogP contribution in [0.2, 0.25) is 0 Å². The van der Waals surface area contributed by atoms with Crippen LogP contribution in [0.1, 0.15) is 24.0 Å². The molecule has 0 saturated carbocycles. The molecule has 9 heteroatoms. The Bertz CT molecular complexity index is 663. The molecule has 158 valence electrons. The summed E-state index contributed by atoms with van der Waals surface area (Å²) in [5.74, 6) is 0.341. The molecule has 0 unspecified atom stereocenters. The maximum Gasteiger partial charge on any atom is 0.416 e. The third-order valence-electron chi connectivity index (χ3n) is 3.83. The standard InChI is InChI=1S/C19H27F3N4O.HI/c1-5-6-7-11-26(4)18(24-14-17(27)25(2)3)23-13-15-9-8-10-16(12-15)19(20,21)22;/h5,8-10,12H,1,6-7,11,13-14H2,2-4H3,(H,23,24);1H. The lowest BCUT2D eigenvalue weighted by Gasteiger charge is -2.23. The smallest absolute Gasteiger partial charge is 0.347 e. The molecule has 1 amide bonds. The number of nitrogens with zero attached hydrogens (tertiary/aromatic N) is 3. The van der Waals surface area contributed by atoms with Crippen LogP contribution >= 0.6 is 24.0 Å². The molecule has 0 aliphatic carbocycles. The third-order valence-corrected chi connectivity index (χ3v) is 3.83. The molecule has 5 nitrogen and oxygen atoms in total. The van der Waals surface area contributed by atoms with Crippen LogP contribution < -0.4 is 5.32 Å². The van der Waals surface area contributed by atoms with Crippen molar-refractivity contribution in [2.45, 2.75) is 25.6 Å². The van der Waals surface area contributed by atoms with Crippen LogP contribution in [0, 0.1) is 0 Å². The SMILES string of the molecule is C=CCCCN(C)C(=NCc1cccc(C(F)(F)F)c1)NCC(=O)N(C)C.I. The normalized spacial score (nSPS) is 11.4. The average Bonchev–Trinajstić information content (AvgIpc) is 2.61. The number of rotatable bonds is 8. The molecule has 0 aliphatic heterocycles. The van der Waals surface area contributed by atoms with E-state index in [4.69, 9.17) is 0 Å². The minimum absolute atomic E-state index is 0. The molecule has 28 heavy (non-hydrogen) atoms. The third kappa shape index (κ3) is 9.43. The van der Waals surface area contributed by atoms with Gasteiger partial charge in [-0.15, -0.1) is 30.6 Å². The summed E-state index contributed by atoms with van der Waals surface area (Å²) in [4.78, 5) is 19.5. The van der Waals surface area contributed by atoms with Gasteiger partial charge in [-0.25, -0.2) is 4.99 Å². The summed E-state index contributed by atoms with van der Waals surface area (Å²) in [7, 11) is 5.12. The van der Waals surface area contributed by atoms with Gasteiger partial charge >= 0.3 is 6.18 Å². The lowest BCUT2D eigenvalue weighted by molar-refractivity contribution is -0.137. The largest absolute Gasteiger partial charge is 0.416 e. The van der Waals surface area contributed by atoms with Gasteiger partial charge < -0.3 is 15.1 Å². The summed E-state index contributed by atoms with van der Waals surface area (Å²) in [5, 5.41) is 2.98. The number of hydrogen-bond donors (Lipinski definition) is 1. The first kappa shape index (κ1) is 26.2. The van der Waals surface area contributed by atoms with Crippen molar-refractivity contribution in [3.63, 3.8) is 0 Å². The molecule has 0 saturated heterocycles. The number of guanidine groups is 1. The Balaban J connectivity index is 0.00000729. The summed E-state index contributed by atoms with van der Waals surface area (Å²) >= 11 is 0. The van der Waals surface area contributed by atoms with Gasteiger partial charge in [-0.05, 0) is 30.5 Å². The fourth-order valence-corrected chi connectivity index (χ4v) is 2.22. The highest BCUT2D eigenvalue weighted by atomic mass is 127. The number of nitrogens with one attached hydrogen (secondary N) is 1. The zero-order chi connectivity index (χ0) is 20.4. The fraction of sp³-hybridized carbons (Fsp3) is 0.474. The van der Waals surface area contributed by atoms with Gasteiger partial charge in [0.2, 0.25) is 5.91 Å². The van der Waals surface area contributed by atoms with E-state index in [2.05, 4.69) is 16.9 Å². The summed E-state index contributed by atoms with van der Waals surface area (Å²) in [6.07, 6.45) is -0.884. The number of carbonyl (C=O) groups excluding carboxylic acids is 1. The number of hydrogen-bond acceptors (Lipinski definition) is 2. The van der Waals surface area contributed by atoms with Crippen molar-refractivity contribution < 1.29 is 18.0 Å². The van der Waals surface area contributed by atoms with Gasteiger partial charge in [-0.2, -0.15) is 13.2 Å². The van der Waals surface area contributed by atoms with Crippen molar-refractivity contribution in [1.29, 1.82) is 0 Å². The second kappa shape index (κ2) is 12.6. The first-order chi connectivity index (χ1) is 12.6. The van der Waals surface area contributed by atoms with Gasteiger partial charge in [-0.3, -0.25) is 4.79 Å². The molecular formula is C19H28F3IN4O. The average molecular weight is 512 g/mol. The van der Waals surface area contributed by atoms with E-state index in [-0.39, 0.29) is 43.0 Å². The monoisotopic (exact) mass is 512 g/mol. The van der Waals surface area contributed by atoms with E-state index in [1.54, 1.807) is 20.2 Å². The highest BCUT2D eigenvalue weighted by Crippen LogP contribution is 2.29. The highest BCUT2D eigenvalue weighted by Gasteiger charge is 2.30. The number of halogens is 4. The fourth-order valence-electron chi connectivity index (χ4n) is 2.22. The van der Waals surface area contributed by atoms with Crippen LogP contribution in [-0.4, -0.2) is 55.9 Å². The molecule has 0 spiro atoms. The molecule has 1 aromatic rings. The summed E-state index contributed by atoms with van der Waals surface area (Å²) in [6.45, 7) is 4.49. The Kier molecular flexibility index (Phi) is 11.8. The predicted octanol–water partition coefficient (Wildman–Crippen LogP) is 3.76. The van der Waals surface area contributed by atoms with Gasteiger partial charge in [-0.1, -0.05) is 18.2 Å². The van der Waals surface area contributed by atoms with Gasteiger partial charge in [0.05, 0.1) is 18.7 Å². The predicted molar refractivity (Wildman–Crippen MR) is 117 cm³/mol. The van der Waals surface area contributed by atoms with E-state index in [1.807, 2.05) is 18.0 Å². The van der Waals surface area contributed by atoms with E-state index in [9.17, 15) is 18.0 Å². The van der Waals surface area contributed by atoms with E-state index in [1.165, 1.54) is 11.0 Å². The van der Waals surface area contributed by atoms with Crippen molar-refractivity contribution in [1.82, 2.24) is 15.1 Å². The number of likely N-dealkylation sites (N-methyl/N-ethyl adjacent to an activating group) is 1. The quantitative estimate of drug-likeness (QED) is 0.190. The summed E-state index contributed by atoms with van der Waals surface area (Å²) < 4.78 is 38.5. The number of amides is 1. The Labute approximate surface area is 181 Å². The molecule has 1 rings (SSSR count). The van der Waals surface area contributed by atoms with E-state index in [0.29, 0.717) is 18.1 Å². The molecule has 0 atom stereocenters. The van der Waals surface area contributed by atoms with E-state index in [0.717, 1.165) is 25.0 Å². The Morgan fingerprint density at radius 2 is 1.96 bits per heavy atom. The van der Waals surface area contributed by atoms with Crippen LogP contribution in [0.15, 0.2) is 41.9 Å². The number of benzene rings is 1. The van der Waals surface area contributed by atoms with Crippen molar-refractivity contribution >= 4 is 35.8 Å². The van der Waals surface area contributed by atoms with Crippen LogP contribution in [-0.2, 0) is 17.5 Å². The zero-order valence-corrected chi connectivity index (χ0v) is 18.8. The van der Waals surface area contributed by atoms with Crippen molar-refractivity contribution in [3.8, 4) is 0 Å². The van der Waals surface area contributed by atoms with Crippen LogP contribution in [0.25, 0.3) is 0 Å². The second-order valence-corrected chi connectivity index (χ2v) is 6.33. The summed E-state index contributed by atoms with van der Waals surface area (Å²) in [5.41, 5.74) is -0.255. The molecule has 1 aromatic carbocycles.